The van der Waals surface area contributed by atoms with Gasteiger partial charge in [0.2, 0.25) is 0 Å². The highest BCUT2D eigenvalue weighted by Gasteiger charge is 2.03. The Balaban J connectivity index is 2.14. The number of furan rings is 1. The molecule has 88 valence electrons. The van der Waals surface area contributed by atoms with Crippen LogP contribution in [0.25, 0.3) is 0 Å². The average molecular weight is 404 g/mol. The second-order valence-electron chi connectivity index (χ2n) is 3.55. The molecule has 0 atom stereocenters. The van der Waals surface area contributed by atoms with Gasteiger partial charge in [-0.25, -0.2) is 0 Å². The minimum Gasteiger partial charge on any atom is -0.448 e. The number of halogens is 2. The molecule has 1 heterocycles. The van der Waals surface area contributed by atoms with Crippen LogP contribution in [-0.4, -0.2) is 6.21 Å². The summed E-state index contributed by atoms with van der Waals surface area (Å²) in [6.45, 7) is 2.14. The van der Waals surface area contributed by atoms with Crippen LogP contribution in [0.15, 0.2) is 44.2 Å². The number of hydrogen-bond donors (Lipinski definition) is 0. The lowest BCUT2D eigenvalue weighted by Gasteiger charge is -1.96. The lowest BCUT2D eigenvalue weighted by molar-refractivity contribution is 0.530. The van der Waals surface area contributed by atoms with Crippen molar-refractivity contribution in [1.29, 1.82) is 0 Å². The minimum absolute atomic E-state index is 0.751. The third-order valence-corrected chi connectivity index (χ3v) is 4.48. The number of aryl methyl sites for hydroxylation is 1. The Labute approximate surface area is 122 Å². The molecule has 0 saturated carbocycles. The van der Waals surface area contributed by atoms with E-state index in [4.69, 9.17) is 4.42 Å². The highest BCUT2D eigenvalue weighted by atomic mass is 127. The second-order valence-corrected chi connectivity index (χ2v) is 5.38. The first-order valence-electron chi connectivity index (χ1n) is 5.27. The topological polar surface area (TPSA) is 25.5 Å². The van der Waals surface area contributed by atoms with Crippen LogP contribution in [0, 0.1) is 3.77 Å². The van der Waals surface area contributed by atoms with Gasteiger partial charge in [-0.1, -0.05) is 19.1 Å². The van der Waals surface area contributed by atoms with E-state index in [-0.39, 0.29) is 0 Å². The fourth-order valence-electron chi connectivity index (χ4n) is 1.38. The molecule has 0 aliphatic heterocycles. The summed E-state index contributed by atoms with van der Waals surface area (Å²) >= 11 is 5.53. The molecule has 0 bridgehead atoms. The predicted octanol–water partition coefficient (Wildman–Crippen LogP) is 4.96. The highest BCUT2D eigenvalue weighted by Crippen LogP contribution is 2.22. The van der Waals surface area contributed by atoms with Gasteiger partial charge in [0.25, 0.3) is 0 Å². The van der Waals surface area contributed by atoms with E-state index in [1.165, 1.54) is 5.56 Å². The standard InChI is InChI=1S/C13H11BrINO/c1-2-9-3-5-10(6-4-9)16-8-11-7-12(14)13(15)17-11/h3-8H,2H2,1H3. The van der Waals surface area contributed by atoms with Crippen LogP contribution in [0.5, 0.6) is 0 Å². The van der Waals surface area contributed by atoms with Gasteiger partial charge in [0.05, 0.1) is 16.4 Å². The Morgan fingerprint density at radius 3 is 2.59 bits per heavy atom. The van der Waals surface area contributed by atoms with Crippen LogP contribution in [0.2, 0.25) is 0 Å². The Morgan fingerprint density at radius 2 is 2.06 bits per heavy atom. The van der Waals surface area contributed by atoms with Crippen LogP contribution in [0.1, 0.15) is 18.2 Å². The molecule has 1 aromatic carbocycles. The zero-order chi connectivity index (χ0) is 12.3. The van der Waals surface area contributed by atoms with E-state index in [1.54, 1.807) is 6.21 Å². The largest absolute Gasteiger partial charge is 0.448 e. The van der Waals surface area contributed by atoms with E-state index in [0.29, 0.717) is 0 Å². The minimum atomic E-state index is 0.751. The second kappa shape index (κ2) is 5.82. The van der Waals surface area contributed by atoms with Crippen molar-refractivity contribution in [3.63, 3.8) is 0 Å². The van der Waals surface area contributed by atoms with Crippen molar-refractivity contribution < 1.29 is 4.42 Å². The summed E-state index contributed by atoms with van der Waals surface area (Å²) < 4.78 is 7.27. The molecule has 0 aliphatic carbocycles. The first-order chi connectivity index (χ1) is 8.19. The van der Waals surface area contributed by atoms with Gasteiger partial charge >= 0.3 is 0 Å². The van der Waals surface area contributed by atoms with Gasteiger partial charge in [0, 0.05) is 28.7 Å². The van der Waals surface area contributed by atoms with Gasteiger partial charge in [-0.3, -0.25) is 4.99 Å². The Bertz CT molecular complexity index is 511. The quantitative estimate of drug-likeness (QED) is 0.525. The molecule has 2 aromatic rings. The predicted molar refractivity (Wildman–Crippen MR) is 82.2 cm³/mol. The molecule has 4 heteroatoms. The molecule has 1 aromatic heterocycles. The van der Waals surface area contributed by atoms with E-state index < -0.39 is 0 Å². The fraction of sp³-hybridized carbons (Fsp3) is 0.154. The number of rotatable bonds is 3. The molecule has 2 nitrogen and oxygen atoms in total. The highest BCUT2D eigenvalue weighted by molar-refractivity contribution is 14.1. The zero-order valence-electron chi connectivity index (χ0n) is 9.28. The summed E-state index contributed by atoms with van der Waals surface area (Å²) in [4.78, 5) is 4.36. The Morgan fingerprint density at radius 1 is 1.35 bits per heavy atom. The van der Waals surface area contributed by atoms with Crippen LogP contribution >= 0.6 is 38.5 Å². The van der Waals surface area contributed by atoms with E-state index >= 15 is 0 Å². The SMILES string of the molecule is CCc1ccc(N=Cc2cc(Br)c(I)o2)cc1. The first-order valence-corrected chi connectivity index (χ1v) is 7.14. The summed E-state index contributed by atoms with van der Waals surface area (Å²) in [6, 6.07) is 10.1. The molecular weight excluding hydrogens is 393 g/mol. The zero-order valence-corrected chi connectivity index (χ0v) is 13.0. The number of nitrogens with zero attached hydrogens (tertiary/aromatic N) is 1. The van der Waals surface area contributed by atoms with Gasteiger partial charge < -0.3 is 4.42 Å². The molecule has 17 heavy (non-hydrogen) atoms. The summed E-state index contributed by atoms with van der Waals surface area (Å²) in [5.41, 5.74) is 2.25. The third-order valence-electron chi connectivity index (χ3n) is 2.35. The lowest BCUT2D eigenvalue weighted by Crippen LogP contribution is -1.78. The van der Waals surface area contributed by atoms with Gasteiger partial charge in [-0.05, 0) is 40.0 Å². The number of hydrogen-bond acceptors (Lipinski definition) is 2. The van der Waals surface area contributed by atoms with Gasteiger partial charge in [-0.2, -0.15) is 0 Å². The van der Waals surface area contributed by atoms with Crippen molar-refractivity contribution in [2.45, 2.75) is 13.3 Å². The summed E-state index contributed by atoms with van der Waals surface area (Å²) in [7, 11) is 0. The van der Waals surface area contributed by atoms with Crippen molar-refractivity contribution in [1.82, 2.24) is 0 Å². The van der Waals surface area contributed by atoms with Crippen molar-refractivity contribution >= 4 is 50.4 Å². The van der Waals surface area contributed by atoms with Gasteiger partial charge in [0.1, 0.15) is 5.76 Å². The molecular formula is C13H11BrINO. The number of benzene rings is 1. The number of aliphatic imine (C=N–C) groups is 1. The normalized spacial score (nSPS) is 11.2. The average Bonchev–Trinajstić information content (AvgIpc) is 2.67. The van der Waals surface area contributed by atoms with Crippen molar-refractivity contribution in [2.24, 2.45) is 4.99 Å². The molecule has 0 fully saturated rings. The summed E-state index contributed by atoms with van der Waals surface area (Å²) in [5, 5.41) is 0. The lowest BCUT2D eigenvalue weighted by atomic mass is 10.1. The van der Waals surface area contributed by atoms with E-state index in [1.807, 2.05) is 18.2 Å². The van der Waals surface area contributed by atoms with Crippen LogP contribution in [0.4, 0.5) is 5.69 Å². The Hall–Kier alpha value is -0.620. The smallest absolute Gasteiger partial charge is 0.178 e. The van der Waals surface area contributed by atoms with E-state index in [9.17, 15) is 0 Å². The molecule has 0 N–H and O–H groups in total. The third kappa shape index (κ3) is 3.42. The van der Waals surface area contributed by atoms with E-state index in [0.717, 1.165) is 26.1 Å². The monoisotopic (exact) mass is 403 g/mol. The molecule has 0 unspecified atom stereocenters. The van der Waals surface area contributed by atoms with Gasteiger partial charge in [-0.15, -0.1) is 0 Å². The van der Waals surface area contributed by atoms with Crippen molar-refractivity contribution in [3.05, 3.63) is 49.9 Å². The fourth-order valence-corrected chi connectivity index (χ4v) is 2.10. The molecule has 0 aliphatic rings. The Kier molecular flexibility index (Phi) is 4.39. The maximum Gasteiger partial charge on any atom is 0.178 e. The van der Waals surface area contributed by atoms with Crippen LogP contribution < -0.4 is 0 Å². The molecule has 2 rings (SSSR count). The maximum absolute atomic E-state index is 5.47. The summed E-state index contributed by atoms with van der Waals surface area (Å²) in [6.07, 6.45) is 2.78. The molecule has 0 saturated heterocycles. The maximum atomic E-state index is 5.47. The molecule has 0 radical (unpaired) electrons. The van der Waals surface area contributed by atoms with E-state index in [2.05, 4.69) is 62.6 Å². The first kappa shape index (κ1) is 12.8. The van der Waals surface area contributed by atoms with Crippen molar-refractivity contribution in [2.75, 3.05) is 0 Å². The summed E-state index contributed by atoms with van der Waals surface area (Å²) in [5.74, 6) is 0.751. The van der Waals surface area contributed by atoms with Gasteiger partial charge in [0.15, 0.2) is 3.77 Å². The molecule has 0 amide bonds. The molecule has 0 spiro atoms. The van der Waals surface area contributed by atoms with Crippen LogP contribution in [0.3, 0.4) is 0 Å². The van der Waals surface area contributed by atoms with Crippen molar-refractivity contribution in [3.8, 4) is 0 Å². The van der Waals surface area contributed by atoms with Crippen LogP contribution in [-0.2, 0) is 6.42 Å².